The van der Waals surface area contributed by atoms with E-state index in [9.17, 15) is 9.59 Å². The number of halogens is 1. The largest absolute Gasteiger partial charge is 0.348 e. The van der Waals surface area contributed by atoms with E-state index in [2.05, 4.69) is 5.32 Å². The molecule has 2 amide bonds. The van der Waals surface area contributed by atoms with Crippen LogP contribution in [0.2, 0.25) is 5.02 Å². The van der Waals surface area contributed by atoms with Crippen molar-refractivity contribution in [2.75, 3.05) is 17.2 Å². The van der Waals surface area contributed by atoms with Crippen LogP contribution in [0.25, 0.3) is 0 Å². The van der Waals surface area contributed by atoms with Gasteiger partial charge in [-0.05, 0) is 36.2 Å². The zero-order valence-corrected chi connectivity index (χ0v) is 15.4. The summed E-state index contributed by atoms with van der Waals surface area (Å²) in [4.78, 5) is 27.4. The van der Waals surface area contributed by atoms with E-state index in [1.807, 2.05) is 55.5 Å². The summed E-state index contributed by atoms with van der Waals surface area (Å²) in [6.45, 7) is 2.04. The predicted molar refractivity (Wildman–Crippen MR) is 102 cm³/mol. The molecule has 1 aliphatic rings. The molecule has 0 aliphatic carbocycles. The molecule has 130 valence electrons. The van der Waals surface area contributed by atoms with E-state index in [1.165, 1.54) is 11.8 Å². The minimum atomic E-state index is -0.170. The van der Waals surface area contributed by atoms with Gasteiger partial charge in [-0.25, -0.2) is 0 Å². The molecular weight excluding hydrogens is 356 g/mol. The molecule has 1 atom stereocenters. The lowest BCUT2D eigenvalue weighted by atomic mass is 10.0. The van der Waals surface area contributed by atoms with E-state index in [0.29, 0.717) is 10.8 Å². The molecule has 25 heavy (non-hydrogen) atoms. The van der Waals surface area contributed by atoms with E-state index >= 15 is 0 Å². The number of rotatable bonds is 5. The average Bonchev–Trinajstić information content (AvgIpc) is 2.63. The molecule has 1 N–H and O–H groups in total. The van der Waals surface area contributed by atoms with Gasteiger partial charge in [-0.15, -0.1) is 11.8 Å². The van der Waals surface area contributed by atoms with Crippen molar-refractivity contribution in [1.29, 1.82) is 0 Å². The van der Waals surface area contributed by atoms with Gasteiger partial charge in [0.05, 0.1) is 17.5 Å². The zero-order valence-electron chi connectivity index (χ0n) is 13.9. The lowest BCUT2D eigenvalue weighted by Gasteiger charge is -2.29. The Kier molecular flexibility index (Phi) is 5.66. The summed E-state index contributed by atoms with van der Waals surface area (Å²) in [6.07, 6.45) is 0.758. The minimum Gasteiger partial charge on any atom is -0.348 e. The van der Waals surface area contributed by atoms with Crippen LogP contribution in [0.1, 0.15) is 24.9 Å². The molecule has 6 heteroatoms. The van der Waals surface area contributed by atoms with Gasteiger partial charge in [0, 0.05) is 9.92 Å². The van der Waals surface area contributed by atoms with Gasteiger partial charge in [0.15, 0.2) is 0 Å². The number of anilines is 1. The van der Waals surface area contributed by atoms with Crippen LogP contribution in [0.4, 0.5) is 5.69 Å². The summed E-state index contributed by atoms with van der Waals surface area (Å²) in [5, 5.41) is 3.68. The number of amides is 2. The van der Waals surface area contributed by atoms with E-state index in [4.69, 9.17) is 11.6 Å². The molecule has 1 heterocycles. The predicted octanol–water partition coefficient (Wildman–Crippen LogP) is 4.05. The molecule has 0 spiro atoms. The first kappa shape index (κ1) is 17.8. The molecule has 0 saturated carbocycles. The van der Waals surface area contributed by atoms with Crippen LogP contribution in [-0.2, 0) is 9.59 Å². The Morgan fingerprint density at radius 1 is 1.24 bits per heavy atom. The number of nitrogens with zero attached hydrogens (tertiary/aromatic N) is 1. The fraction of sp³-hybridized carbons (Fsp3) is 0.263. The highest BCUT2D eigenvalue weighted by molar-refractivity contribution is 8.00. The third-order valence-electron chi connectivity index (χ3n) is 4.13. The van der Waals surface area contributed by atoms with Crippen LogP contribution in [0.3, 0.4) is 0 Å². The van der Waals surface area contributed by atoms with Gasteiger partial charge in [-0.3, -0.25) is 9.59 Å². The van der Waals surface area contributed by atoms with Gasteiger partial charge < -0.3 is 10.2 Å². The Labute approximate surface area is 156 Å². The van der Waals surface area contributed by atoms with Crippen LogP contribution in [-0.4, -0.2) is 24.1 Å². The smallest absolute Gasteiger partial charge is 0.240 e. The highest BCUT2D eigenvalue weighted by atomic mass is 35.5. The molecule has 4 nitrogen and oxygen atoms in total. The monoisotopic (exact) mass is 374 g/mol. The van der Waals surface area contributed by atoms with Gasteiger partial charge in [0.1, 0.15) is 6.54 Å². The van der Waals surface area contributed by atoms with Crippen LogP contribution >= 0.6 is 23.4 Å². The maximum atomic E-state index is 12.5. The Bertz CT molecular complexity index is 779. The molecule has 0 saturated heterocycles. The second kappa shape index (κ2) is 7.93. The second-order valence-corrected chi connectivity index (χ2v) is 7.27. The molecule has 1 unspecified atom stereocenters. The molecule has 0 bridgehead atoms. The Morgan fingerprint density at radius 2 is 1.96 bits per heavy atom. The maximum Gasteiger partial charge on any atom is 0.240 e. The van der Waals surface area contributed by atoms with Crippen molar-refractivity contribution in [1.82, 2.24) is 5.32 Å². The highest BCUT2D eigenvalue weighted by Gasteiger charge is 2.26. The summed E-state index contributed by atoms with van der Waals surface area (Å²) >= 11 is 7.43. The second-order valence-electron chi connectivity index (χ2n) is 5.82. The first-order chi connectivity index (χ1) is 12.1. The number of benzene rings is 2. The van der Waals surface area contributed by atoms with Crippen LogP contribution in [0, 0.1) is 0 Å². The summed E-state index contributed by atoms with van der Waals surface area (Å²) in [6, 6.07) is 15.0. The van der Waals surface area contributed by atoms with E-state index in [-0.39, 0.29) is 24.4 Å². The lowest BCUT2D eigenvalue weighted by Crippen LogP contribution is -2.44. The minimum absolute atomic E-state index is 0.0283. The van der Waals surface area contributed by atoms with Gasteiger partial charge >= 0.3 is 0 Å². The number of nitrogens with one attached hydrogen (secondary N) is 1. The van der Waals surface area contributed by atoms with Crippen molar-refractivity contribution < 1.29 is 9.59 Å². The van der Waals surface area contributed by atoms with Crippen molar-refractivity contribution in [3.05, 3.63) is 59.1 Å². The van der Waals surface area contributed by atoms with Gasteiger partial charge in [0.2, 0.25) is 11.8 Å². The van der Waals surface area contributed by atoms with Gasteiger partial charge in [-0.2, -0.15) is 0 Å². The Balaban J connectivity index is 1.71. The fourth-order valence-electron chi connectivity index (χ4n) is 2.83. The summed E-state index contributed by atoms with van der Waals surface area (Å²) in [5.41, 5.74) is 1.81. The van der Waals surface area contributed by atoms with Crippen molar-refractivity contribution in [2.24, 2.45) is 0 Å². The molecule has 2 aromatic rings. The number of hydrogen-bond acceptors (Lipinski definition) is 3. The quantitative estimate of drug-likeness (QED) is 0.859. The molecule has 0 aromatic heterocycles. The third-order valence-corrected chi connectivity index (χ3v) is 5.43. The van der Waals surface area contributed by atoms with Crippen molar-refractivity contribution in [3.8, 4) is 0 Å². The SMILES string of the molecule is CCC(NC(=O)CN1C(=O)CSc2ccccc21)c1ccc(Cl)cc1. The van der Waals surface area contributed by atoms with Gasteiger partial charge in [0.25, 0.3) is 0 Å². The molecule has 3 rings (SSSR count). The first-order valence-corrected chi connectivity index (χ1v) is 9.52. The number of para-hydroxylation sites is 1. The number of hydrogen-bond donors (Lipinski definition) is 1. The summed E-state index contributed by atoms with van der Waals surface area (Å²) < 4.78 is 0. The van der Waals surface area contributed by atoms with Crippen molar-refractivity contribution >= 4 is 40.9 Å². The number of thioether (sulfide) groups is 1. The maximum absolute atomic E-state index is 12.5. The Hall–Kier alpha value is -1.98. The summed E-state index contributed by atoms with van der Waals surface area (Å²) in [7, 11) is 0. The van der Waals surface area contributed by atoms with E-state index in [1.54, 1.807) is 4.90 Å². The number of carbonyl (C=O) groups excluding carboxylic acids is 2. The van der Waals surface area contributed by atoms with Crippen LogP contribution < -0.4 is 10.2 Å². The van der Waals surface area contributed by atoms with Crippen molar-refractivity contribution in [3.63, 3.8) is 0 Å². The van der Waals surface area contributed by atoms with Crippen LogP contribution in [0.5, 0.6) is 0 Å². The first-order valence-electron chi connectivity index (χ1n) is 8.15. The standard InChI is InChI=1S/C19H19ClN2O2S/c1-2-15(13-7-9-14(20)10-8-13)21-18(23)11-22-16-5-3-4-6-17(16)25-12-19(22)24/h3-10,15H,2,11-12H2,1H3,(H,21,23). The molecule has 1 aliphatic heterocycles. The lowest BCUT2D eigenvalue weighted by molar-refractivity contribution is -0.123. The van der Waals surface area contributed by atoms with E-state index < -0.39 is 0 Å². The van der Waals surface area contributed by atoms with Crippen LogP contribution in [0.15, 0.2) is 53.4 Å². The van der Waals surface area contributed by atoms with Gasteiger partial charge in [-0.1, -0.05) is 42.8 Å². The topological polar surface area (TPSA) is 49.4 Å². The summed E-state index contributed by atoms with van der Waals surface area (Å²) in [5.74, 6) is 0.147. The number of fused-ring (bicyclic) bond motifs is 1. The Morgan fingerprint density at radius 3 is 2.68 bits per heavy atom. The van der Waals surface area contributed by atoms with Crippen molar-refractivity contribution in [2.45, 2.75) is 24.3 Å². The number of carbonyl (C=O) groups is 2. The third kappa shape index (κ3) is 4.17. The molecule has 0 radical (unpaired) electrons. The van der Waals surface area contributed by atoms with E-state index in [0.717, 1.165) is 22.6 Å². The molecular formula is C19H19ClN2O2S. The molecule has 0 fully saturated rings. The molecule has 2 aromatic carbocycles. The average molecular weight is 375 g/mol. The zero-order chi connectivity index (χ0) is 17.8. The highest BCUT2D eigenvalue weighted by Crippen LogP contribution is 2.34. The normalized spacial score (nSPS) is 14.8. The fourth-order valence-corrected chi connectivity index (χ4v) is 3.89.